The first-order chi connectivity index (χ1) is 9.58. The summed E-state index contributed by atoms with van der Waals surface area (Å²) in [5.41, 5.74) is 7.03. The van der Waals surface area contributed by atoms with E-state index >= 15 is 0 Å². The van der Waals surface area contributed by atoms with Crippen LogP contribution < -0.4 is 5.73 Å². The third kappa shape index (κ3) is 3.70. The number of rotatable bonds is 6. The van der Waals surface area contributed by atoms with Crippen molar-refractivity contribution in [2.24, 2.45) is 0 Å². The molecule has 0 saturated carbocycles. The van der Waals surface area contributed by atoms with Gasteiger partial charge in [-0.1, -0.05) is 15.9 Å². The second kappa shape index (κ2) is 6.71. The molecule has 2 rings (SSSR count). The van der Waals surface area contributed by atoms with E-state index in [0.717, 1.165) is 10.0 Å². The van der Waals surface area contributed by atoms with Crippen LogP contribution in [0.4, 0.5) is 14.5 Å². The molecular formula is C11H12BrF2N5O. The molecule has 0 spiro atoms. The Bertz CT molecular complexity index is 578. The second-order valence-corrected chi connectivity index (χ2v) is 4.79. The zero-order valence-electron chi connectivity index (χ0n) is 10.3. The zero-order valence-corrected chi connectivity index (χ0v) is 11.9. The van der Waals surface area contributed by atoms with Gasteiger partial charge in [0.2, 0.25) is 0 Å². The standard InChI is InChI=1S/C11H12BrF2N5O/c12-9-2-1-7(15)5-8(9)11-16-17-18-19(11)3-4-20-6-10(13)14/h1-2,5,10H,3-4,6,15H2. The minimum atomic E-state index is -2.48. The van der Waals surface area contributed by atoms with Crippen LogP contribution in [0.2, 0.25) is 0 Å². The van der Waals surface area contributed by atoms with Gasteiger partial charge in [-0.2, -0.15) is 0 Å². The fourth-order valence-electron chi connectivity index (χ4n) is 1.59. The van der Waals surface area contributed by atoms with Crippen molar-refractivity contribution in [3.63, 3.8) is 0 Å². The van der Waals surface area contributed by atoms with Crippen LogP contribution in [0.3, 0.4) is 0 Å². The van der Waals surface area contributed by atoms with Crippen molar-refractivity contribution >= 4 is 21.6 Å². The van der Waals surface area contributed by atoms with Gasteiger partial charge >= 0.3 is 0 Å². The fraction of sp³-hybridized carbons (Fsp3) is 0.364. The van der Waals surface area contributed by atoms with Crippen LogP contribution in [0.15, 0.2) is 22.7 Å². The largest absolute Gasteiger partial charge is 0.399 e. The van der Waals surface area contributed by atoms with Crippen molar-refractivity contribution in [2.45, 2.75) is 13.0 Å². The maximum Gasteiger partial charge on any atom is 0.261 e. The molecule has 0 saturated heterocycles. The van der Waals surface area contributed by atoms with Crippen molar-refractivity contribution in [2.75, 3.05) is 18.9 Å². The van der Waals surface area contributed by atoms with Crippen LogP contribution in [0.5, 0.6) is 0 Å². The Labute approximate surface area is 122 Å². The molecular weight excluding hydrogens is 336 g/mol. The third-order valence-electron chi connectivity index (χ3n) is 2.45. The smallest absolute Gasteiger partial charge is 0.261 e. The van der Waals surface area contributed by atoms with Crippen LogP contribution in [0, 0.1) is 0 Å². The van der Waals surface area contributed by atoms with Gasteiger partial charge in [-0.05, 0) is 28.6 Å². The normalized spacial score (nSPS) is 11.2. The van der Waals surface area contributed by atoms with Gasteiger partial charge in [0.15, 0.2) is 5.82 Å². The quantitative estimate of drug-likeness (QED) is 0.638. The summed E-state index contributed by atoms with van der Waals surface area (Å²) >= 11 is 3.39. The number of anilines is 1. The summed E-state index contributed by atoms with van der Waals surface area (Å²) < 4.78 is 31.0. The van der Waals surface area contributed by atoms with Crippen LogP contribution in [-0.2, 0) is 11.3 Å². The number of ether oxygens (including phenoxy) is 1. The molecule has 0 fully saturated rings. The van der Waals surface area contributed by atoms with Gasteiger partial charge in [0.05, 0.1) is 13.2 Å². The molecule has 1 aromatic heterocycles. The number of nitrogen functional groups attached to an aromatic ring is 1. The lowest BCUT2D eigenvalue weighted by molar-refractivity contribution is 0.0140. The number of alkyl halides is 2. The molecule has 20 heavy (non-hydrogen) atoms. The van der Waals surface area contributed by atoms with Gasteiger partial charge in [0.25, 0.3) is 6.43 Å². The summed E-state index contributed by atoms with van der Waals surface area (Å²) in [7, 11) is 0. The van der Waals surface area contributed by atoms with E-state index in [0.29, 0.717) is 11.5 Å². The number of tetrazole rings is 1. The molecule has 0 amide bonds. The number of nitrogens with zero attached hydrogens (tertiary/aromatic N) is 4. The van der Waals surface area contributed by atoms with Crippen LogP contribution >= 0.6 is 15.9 Å². The lowest BCUT2D eigenvalue weighted by atomic mass is 10.2. The molecule has 2 aromatic rings. The molecule has 2 N–H and O–H groups in total. The van der Waals surface area contributed by atoms with Crippen molar-refractivity contribution in [1.82, 2.24) is 20.2 Å². The first-order valence-electron chi connectivity index (χ1n) is 5.75. The molecule has 0 unspecified atom stereocenters. The van der Waals surface area contributed by atoms with E-state index in [4.69, 9.17) is 10.5 Å². The maximum absolute atomic E-state index is 11.9. The second-order valence-electron chi connectivity index (χ2n) is 3.93. The van der Waals surface area contributed by atoms with Gasteiger partial charge in [0.1, 0.15) is 6.61 Å². The van der Waals surface area contributed by atoms with Crippen LogP contribution in [0.1, 0.15) is 0 Å². The van der Waals surface area contributed by atoms with Crippen molar-refractivity contribution in [3.8, 4) is 11.4 Å². The molecule has 1 aromatic carbocycles. The zero-order chi connectivity index (χ0) is 14.5. The summed E-state index contributed by atoms with van der Waals surface area (Å²) in [5, 5.41) is 11.3. The first-order valence-corrected chi connectivity index (χ1v) is 6.54. The predicted molar refractivity (Wildman–Crippen MR) is 72.2 cm³/mol. The Morgan fingerprint density at radius 2 is 2.20 bits per heavy atom. The van der Waals surface area contributed by atoms with Gasteiger partial charge in [-0.25, -0.2) is 13.5 Å². The Morgan fingerprint density at radius 3 is 2.95 bits per heavy atom. The average Bonchev–Trinajstić information content (AvgIpc) is 2.85. The maximum atomic E-state index is 11.9. The molecule has 0 aliphatic rings. The average molecular weight is 348 g/mol. The predicted octanol–water partition coefficient (Wildman–Crippen LogP) is 1.97. The Morgan fingerprint density at radius 1 is 1.40 bits per heavy atom. The van der Waals surface area contributed by atoms with Gasteiger partial charge < -0.3 is 10.5 Å². The van der Waals surface area contributed by atoms with Crippen molar-refractivity contribution in [1.29, 1.82) is 0 Å². The van der Waals surface area contributed by atoms with Crippen LogP contribution in [-0.4, -0.2) is 39.8 Å². The summed E-state index contributed by atoms with van der Waals surface area (Å²) in [6.07, 6.45) is -2.48. The van der Waals surface area contributed by atoms with Gasteiger partial charge in [-0.3, -0.25) is 0 Å². The SMILES string of the molecule is Nc1ccc(Br)c(-c2nnnn2CCOCC(F)F)c1. The van der Waals surface area contributed by atoms with E-state index in [9.17, 15) is 8.78 Å². The summed E-state index contributed by atoms with van der Waals surface area (Å²) in [4.78, 5) is 0. The minimum absolute atomic E-state index is 0.0995. The highest BCUT2D eigenvalue weighted by molar-refractivity contribution is 9.10. The highest BCUT2D eigenvalue weighted by atomic mass is 79.9. The lowest BCUT2D eigenvalue weighted by Gasteiger charge is -2.07. The molecule has 0 atom stereocenters. The number of aromatic nitrogens is 4. The molecule has 1 heterocycles. The minimum Gasteiger partial charge on any atom is -0.399 e. The van der Waals surface area contributed by atoms with Crippen LogP contribution in [0.25, 0.3) is 11.4 Å². The third-order valence-corrected chi connectivity index (χ3v) is 3.15. The summed E-state index contributed by atoms with van der Waals surface area (Å²) in [6.45, 7) is -0.224. The van der Waals surface area contributed by atoms with E-state index < -0.39 is 13.0 Å². The number of hydrogen-bond donors (Lipinski definition) is 1. The monoisotopic (exact) mass is 347 g/mol. The van der Waals surface area contributed by atoms with E-state index in [1.807, 2.05) is 0 Å². The van der Waals surface area contributed by atoms with E-state index in [1.165, 1.54) is 4.68 Å². The van der Waals surface area contributed by atoms with E-state index in [-0.39, 0.29) is 13.2 Å². The summed E-state index contributed by atoms with van der Waals surface area (Å²) in [6, 6.07) is 5.26. The summed E-state index contributed by atoms with van der Waals surface area (Å²) in [5.74, 6) is 0.491. The highest BCUT2D eigenvalue weighted by Gasteiger charge is 2.12. The molecule has 108 valence electrons. The fourth-order valence-corrected chi connectivity index (χ4v) is 2.01. The number of nitrogens with two attached hydrogens (primary N) is 1. The highest BCUT2D eigenvalue weighted by Crippen LogP contribution is 2.28. The molecule has 0 aliphatic heterocycles. The van der Waals surface area contributed by atoms with E-state index in [1.54, 1.807) is 18.2 Å². The molecule has 9 heteroatoms. The molecule has 0 radical (unpaired) electrons. The Balaban J connectivity index is 2.10. The van der Waals surface area contributed by atoms with E-state index in [2.05, 4.69) is 31.5 Å². The number of hydrogen-bond acceptors (Lipinski definition) is 5. The topological polar surface area (TPSA) is 78.9 Å². The first kappa shape index (κ1) is 14.8. The Hall–Kier alpha value is -1.61. The van der Waals surface area contributed by atoms with Crippen molar-refractivity contribution < 1.29 is 13.5 Å². The number of halogens is 3. The van der Waals surface area contributed by atoms with Crippen molar-refractivity contribution in [3.05, 3.63) is 22.7 Å². The lowest BCUT2D eigenvalue weighted by Crippen LogP contribution is -2.12. The molecule has 0 bridgehead atoms. The number of benzene rings is 1. The van der Waals surface area contributed by atoms with Gasteiger partial charge in [-0.15, -0.1) is 5.10 Å². The Kier molecular flexibility index (Phi) is 4.96. The molecule has 6 nitrogen and oxygen atoms in total. The molecule has 0 aliphatic carbocycles. The van der Waals surface area contributed by atoms with Gasteiger partial charge in [0, 0.05) is 15.7 Å².